The summed E-state index contributed by atoms with van der Waals surface area (Å²) in [5.41, 5.74) is 1.87. The van der Waals surface area contributed by atoms with Gasteiger partial charge in [-0.2, -0.15) is 0 Å². The number of rotatable bonds is 5. The molecule has 2 aromatic rings. The highest BCUT2D eigenvalue weighted by Gasteiger charge is 2.15. The van der Waals surface area contributed by atoms with Crippen LogP contribution in [-0.2, 0) is 0 Å². The van der Waals surface area contributed by atoms with Gasteiger partial charge in [-0.1, -0.05) is 6.92 Å². The molecule has 0 saturated heterocycles. The zero-order valence-electron chi connectivity index (χ0n) is 10.7. The molecular weight excluding hydrogens is 264 g/mol. The fraction of sp³-hybridized carbons (Fsp3) is 0.385. The molecule has 6 heteroatoms. The standard InChI is InChI=1S/C13H16N2O3S/c1-2-5-15(6-7-16)12(17)9-3-4-10-11(8-9)18-13(19)14-10/h3-4,8,16H,2,5-7H2,1H3,(H,14,19). The van der Waals surface area contributed by atoms with Crippen LogP contribution < -0.4 is 0 Å². The van der Waals surface area contributed by atoms with Crippen molar-refractivity contribution in [3.05, 3.63) is 28.6 Å². The fourth-order valence-electron chi connectivity index (χ4n) is 1.97. The largest absolute Gasteiger partial charge is 0.429 e. The van der Waals surface area contributed by atoms with E-state index >= 15 is 0 Å². The normalized spacial score (nSPS) is 10.8. The SMILES string of the molecule is CCCN(CCO)C(=O)c1ccc2[nH]c(=S)oc2c1. The molecule has 1 aromatic heterocycles. The topological polar surface area (TPSA) is 69.5 Å². The van der Waals surface area contributed by atoms with Crippen LogP contribution in [0.3, 0.4) is 0 Å². The summed E-state index contributed by atoms with van der Waals surface area (Å²) >= 11 is 4.91. The molecule has 5 nitrogen and oxygen atoms in total. The summed E-state index contributed by atoms with van der Waals surface area (Å²) in [7, 11) is 0. The average molecular weight is 280 g/mol. The monoisotopic (exact) mass is 280 g/mol. The fourth-order valence-corrected chi connectivity index (χ4v) is 2.17. The molecule has 1 aromatic carbocycles. The van der Waals surface area contributed by atoms with E-state index in [1.165, 1.54) is 0 Å². The van der Waals surface area contributed by atoms with Gasteiger partial charge in [0, 0.05) is 18.7 Å². The minimum Gasteiger partial charge on any atom is -0.429 e. The second-order valence-electron chi connectivity index (χ2n) is 4.24. The Labute approximate surface area is 115 Å². The molecule has 2 N–H and O–H groups in total. The number of aliphatic hydroxyl groups excluding tert-OH is 1. The first kappa shape index (κ1) is 13.8. The number of benzene rings is 1. The number of carbonyl (C=O) groups is 1. The molecule has 19 heavy (non-hydrogen) atoms. The molecule has 2 rings (SSSR count). The second-order valence-corrected chi connectivity index (χ2v) is 4.61. The van der Waals surface area contributed by atoms with E-state index in [0.29, 0.717) is 29.1 Å². The van der Waals surface area contributed by atoms with Crippen LogP contribution in [0.1, 0.15) is 23.7 Å². The number of aliphatic hydroxyl groups is 1. The predicted octanol–water partition coefficient (Wildman–Crippen LogP) is 2.33. The van der Waals surface area contributed by atoms with Crippen molar-refractivity contribution in [2.24, 2.45) is 0 Å². The lowest BCUT2D eigenvalue weighted by atomic mass is 10.1. The summed E-state index contributed by atoms with van der Waals surface area (Å²) in [6, 6.07) is 5.17. The summed E-state index contributed by atoms with van der Waals surface area (Å²) in [5.74, 6) is -0.111. The summed E-state index contributed by atoms with van der Waals surface area (Å²) in [4.78, 5) is 17.1. The Kier molecular flexibility index (Phi) is 4.34. The zero-order chi connectivity index (χ0) is 13.8. The average Bonchev–Trinajstić information content (AvgIpc) is 2.76. The third-order valence-electron chi connectivity index (χ3n) is 2.82. The second kappa shape index (κ2) is 5.99. The molecule has 0 spiro atoms. The molecule has 102 valence electrons. The Bertz CT molecular complexity index is 626. The molecule has 0 saturated carbocycles. The van der Waals surface area contributed by atoms with Crippen LogP contribution in [0.2, 0.25) is 0 Å². The summed E-state index contributed by atoms with van der Waals surface area (Å²) in [5, 5.41) is 9.00. The first-order chi connectivity index (χ1) is 9.15. The Hall–Kier alpha value is -1.66. The van der Waals surface area contributed by atoms with Crippen LogP contribution in [-0.4, -0.2) is 40.6 Å². The quantitative estimate of drug-likeness (QED) is 0.825. The van der Waals surface area contributed by atoms with Gasteiger partial charge in [0.15, 0.2) is 5.58 Å². The van der Waals surface area contributed by atoms with Crippen molar-refractivity contribution in [1.29, 1.82) is 0 Å². The maximum absolute atomic E-state index is 12.3. The Balaban J connectivity index is 2.30. The maximum Gasteiger partial charge on any atom is 0.266 e. The van der Waals surface area contributed by atoms with E-state index in [1.54, 1.807) is 23.1 Å². The van der Waals surface area contributed by atoms with Gasteiger partial charge in [0.1, 0.15) is 0 Å². The molecule has 0 fully saturated rings. The van der Waals surface area contributed by atoms with Crippen LogP contribution in [0.25, 0.3) is 11.1 Å². The van der Waals surface area contributed by atoms with Gasteiger partial charge >= 0.3 is 0 Å². The molecular formula is C13H16N2O3S. The minimum atomic E-state index is -0.111. The molecule has 0 aliphatic carbocycles. The number of hydrogen-bond donors (Lipinski definition) is 2. The number of H-pyrrole nitrogens is 1. The van der Waals surface area contributed by atoms with Crippen molar-refractivity contribution in [3.63, 3.8) is 0 Å². The number of oxazole rings is 1. The van der Waals surface area contributed by atoms with E-state index in [1.807, 2.05) is 6.92 Å². The lowest BCUT2D eigenvalue weighted by molar-refractivity contribution is 0.0722. The van der Waals surface area contributed by atoms with Crippen molar-refractivity contribution >= 4 is 29.2 Å². The highest BCUT2D eigenvalue weighted by atomic mass is 32.1. The van der Waals surface area contributed by atoms with Crippen LogP contribution in [0, 0.1) is 4.84 Å². The molecule has 0 aliphatic rings. The zero-order valence-corrected chi connectivity index (χ0v) is 11.5. The molecule has 0 atom stereocenters. The third kappa shape index (κ3) is 3.02. The molecule has 0 unspecified atom stereocenters. The van der Waals surface area contributed by atoms with Crippen molar-refractivity contribution in [2.75, 3.05) is 19.7 Å². The molecule has 1 heterocycles. The van der Waals surface area contributed by atoms with Gasteiger partial charge in [-0.25, -0.2) is 0 Å². The van der Waals surface area contributed by atoms with Crippen molar-refractivity contribution in [3.8, 4) is 0 Å². The Morgan fingerprint density at radius 2 is 2.26 bits per heavy atom. The van der Waals surface area contributed by atoms with E-state index in [0.717, 1.165) is 11.9 Å². The molecule has 0 bridgehead atoms. The smallest absolute Gasteiger partial charge is 0.266 e. The van der Waals surface area contributed by atoms with E-state index in [2.05, 4.69) is 4.98 Å². The summed E-state index contributed by atoms with van der Waals surface area (Å²) in [6.45, 7) is 2.90. The highest BCUT2D eigenvalue weighted by molar-refractivity contribution is 7.71. The lowest BCUT2D eigenvalue weighted by Crippen LogP contribution is -2.34. The van der Waals surface area contributed by atoms with E-state index in [9.17, 15) is 4.79 Å². The Morgan fingerprint density at radius 1 is 1.47 bits per heavy atom. The van der Waals surface area contributed by atoms with Gasteiger partial charge in [-0.15, -0.1) is 0 Å². The van der Waals surface area contributed by atoms with Crippen LogP contribution in [0.4, 0.5) is 0 Å². The minimum absolute atomic E-state index is 0.0428. The number of amides is 1. The van der Waals surface area contributed by atoms with Crippen molar-refractivity contribution < 1.29 is 14.3 Å². The number of carbonyl (C=O) groups excluding carboxylic acids is 1. The van der Waals surface area contributed by atoms with Crippen molar-refractivity contribution in [2.45, 2.75) is 13.3 Å². The van der Waals surface area contributed by atoms with Crippen LogP contribution >= 0.6 is 12.2 Å². The van der Waals surface area contributed by atoms with Gasteiger partial charge in [-0.3, -0.25) is 4.79 Å². The summed E-state index contributed by atoms with van der Waals surface area (Å²) < 4.78 is 5.30. The van der Waals surface area contributed by atoms with Gasteiger partial charge in [0.25, 0.3) is 10.7 Å². The number of nitrogens with one attached hydrogen (secondary N) is 1. The van der Waals surface area contributed by atoms with Gasteiger partial charge in [0.05, 0.1) is 12.1 Å². The number of nitrogens with zero attached hydrogens (tertiary/aromatic N) is 1. The first-order valence-corrected chi connectivity index (χ1v) is 6.59. The van der Waals surface area contributed by atoms with Gasteiger partial charge < -0.3 is 19.4 Å². The van der Waals surface area contributed by atoms with E-state index < -0.39 is 0 Å². The third-order valence-corrected chi connectivity index (χ3v) is 3.00. The Morgan fingerprint density at radius 3 is 2.95 bits per heavy atom. The predicted molar refractivity (Wildman–Crippen MR) is 74.7 cm³/mol. The molecule has 0 aliphatic heterocycles. The number of fused-ring (bicyclic) bond motifs is 1. The van der Waals surface area contributed by atoms with E-state index in [4.69, 9.17) is 21.7 Å². The van der Waals surface area contributed by atoms with Crippen molar-refractivity contribution in [1.82, 2.24) is 9.88 Å². The first-order valence-electron chi connectivity index (χ1n) is 6.18. The van der Waals surface area contributed by atoms with Crippen LogP contribution in [0.5, 0.6) is 0 Å². The van der Waals surface area contributed by atoms with Crippen LogP contribution in [0.15, 0.2) is 22.6 Å². The lowest BCUT2D eigenvalue weighted by Gasteiger charge is -2.20. The molecule has 0 radical (unpaired) electrons. The number of aromatic nitrogens is 1. The number of aromatic amines is 1. The van der Waals surface area contributed by atoms with Gasteiger partial charge in [-0.05, 0) is 36.8 Å². The highest BCUT2D eigenvalue weighted by Crippen LogP contribution is 2.16. The van der Waals surface area contributed by atoms with Gasteiger partial charge in [0.2, 0.25) is 0 Å². The van der Waals surface area contributed by atoms with E-state index in [-0.39, 0.29) is 12.5 Å². The maximum atomic E-state index is 12.3. The molecule has 1 amide bonds. The summed E-state index contributed by atoms with van der Waals surface area (Å²) in [6.07, 6.45) is 0.846. The number of hydrogen-bond acceptors (Lipinski definition) is 4.